The van der Waals surface area contributed by atoms with Crippen LogP contribution in [0.1, 0.15) is 16.7 Å². The van der Waals surface area contributed by atoms with Gasteiger partial charge in [0.2, 0.25) is 5.91 Å². The zero-order valence-corrected chi connectivity index (χ0v) is 22.7. The van der Waals surface area contributed by atoms with Gasteiger partial charge in [-0.3, -0.25) is 14.5 Å². The molecule has 0 spiro atoms. The SMILES string of the molecule is COc1ccc(/C=C2/N=C(SCC(=O)Nc3cc(OC)ccc3OC)N(c3cc(C)cc(C)c3)C2=O)cc1. The number of ether oxygens (including phenoxy) is 3. The predicted octanol–water partition coefficient (Wildman–Crippen LogP) is 5.44. The second-order valence-corrected chi connectivity index (χ2v) is 9.53. The highest BCUT2D eigenvalue weighted by molar-refractivity contribution is 8.14. The average Bonchev–Trinajstić information content (AvgIpc) is 3.21. The lowest BCUT2D eigenvalue weighted by Gasteiger charge is -2.19. The third-order valence-corrected chi connectivity index (χ3v) is 6.67. The molecule has 1 aliphatic rings. The minimum Gasteiger partial charge on any atom is -0.497 e. The second kappa shape index (κ2) is 11.9. The standard InChI is InChI=1S/C29H29N3O5S/c1-18-12-19(2)14-21(13-18)32-28(34)25(15-20-6-8-22(35-3)9-7-20)31-29(32)38-17-27(33)30-24-16-23(36-4)10-11-26(24)37-5/h6-16H,17H2,1-5H3,(H,30,33)/b25-15+. The molecule has 1 heterocycles. The summed E-state index contributed by atoms with van der Waals surface area (Å²) < 4.78 is 15.8. The van der Waals surface area contributed by atoms with Gasteiger partial charge in [-0.25, -0.2) is 4.99 Å². The van der Waals surface area contributed by atoms with Gasteiger partial charge in [0.05, 0.1) is 38.5 Å². The van der Waals surface area contributed by atoms with Crippen molar-refractivity contribution in [2.24, 2.45) is 4.99 Å². The van der Waals surface area contributed by atoms with Gasteiger partial charge in [-0.1, -0.05) is 30.0 Å². The molecule has 0 aromatic heterocycles. The molecule has 9 heteroatoms. The average molecular weight is 532 g/mol. The normalized spacial score (nSPS) is 13.9. The van der Waals surface area contributed by atoms with E-state index in [2.05, 4.69) is 10.3 Å². The molecule has 0 unspecified atom stereocenters. The molecule has 1 aliphatic heterocycles. The molecule has 0 radical (unpaired) electrons. The van der Waals surface area contributed by atoms with Crippen LogP contribution in [0.3, 0.4) is 0 Å². The lowest BCUT2D eigenvalue weighted by Crippen LogP contribution is -2.31. The largest absolute Gasteiger partial charge is 0.497 e. The van der Waals surface area contributed by atoms with Crippen molar-refractivity contribution in [3.05, 3.63) is 83.1 Å². The summed E-state index contributed by atoms with van der Waals surface area (Å²) in [7, 11) is 4.69. The van der Waals surface area contributed by atoms with Gasteiger partial charge >= 0.3 is 0 Å². The van der Waals surface area contributed by atoms with Gasteiger partial charge in [-0.15, -0.1) is 0 Å². The molecular weight excluding hydrogens is 502 g/mol. The van der Waals surface area contributed by atoms with Crippen LogP contribution in [0, 0.1) is 13.8 Å². The van der Waals surface area contributed by atoms with Crippen molar-refractivity contribution < 1.29 is 23.8 Å². The second-order valence-electron chi connectivity index (χ2n) is 8.59. The van der Waals surface area contributed by atoms with Gasteiger partial charge < -0.3 is 19.5 Å². The van der Waals surface area contributed by atoms with E-state index < -0.39 is 0 Å². The van der Waals surface area contributed by atoms with E-state index in [4.69, 9.17) is 14.2 Å². The zero-order valence-electron chi connectivity index (χ0n) is 21.9. The fraction of sp³-hybridized carbons (Fsp3) is 0.207. The molecule has 38 heavy (non-hydrogen) atoms. The summed E-state index contributed by atoms with van der Waals surface area (Å²) in [6, 6.07) is 18.4. The highest BCUT2D eigenvalue weighted by atomic mass is 32.2. The van der Waals surface area contributed by atoms with Crippen molar-refractivity contribution in [2.45, 2.75) is 13.8 Å². The summed E-state index contributed by atoms with van der Waals surface area (Å²) in [4.78, 5) is 32.6. The van der Waals surface area contributed by atoms with Gasteiger partial charge in [0.15, 0.2) is 5.17 Å². The van der Waals surface area contributed by atoms with Gasteiger partial charge in [0, 0.05) is 6.07 Å². The van der Waals surface area contributed by atoms with Crippen molar-refractivity contribution in [3.63, 3.8) is 0 Å². The number of nitrogens with zero attached hydrogens (tertiary/aromatic N) is 2. The Morgan fingerprint density at radius 3 is 2.21 bits per heavy atom. The van der Waals surface area contributed by atoms with Crippen LogP contribution in [0.5, 0.6) is 17.2 Å². The maximum Gasteiger partial charge on any atom is 0.283 e. The number of anilines is 2. The summed E-state index contributed by atoms with van der Waals surface area (Å²) in [6.45, 7) is 3.95. The van der Waals surface area contributed by atoms with Crippen molar-refractivity contribution in [2.75, 3.05) is 37.3 Å². The number of hydrogen-bond acceptors (Lipinski definition) is 7. The third kappa shape index (κ3) is 6.18. The fourth-order valence-electron chi connectivity index (χ4n) is 3.99. The number of amidine groups is 1. The van der Waals surface area contributed by atoms with Crippen LogP contribution in [0.2, 0.25) is 0 Å². The summed E-state index contributed by atoms with van der Waals surface area (Å²) in [5, 5.41) is 3.28. The Kier molecular flexibility index (Phi) is 8.38. The Balaban J connectivity index is 1.60. The minimum atomic E-state index is -0.273. The number of benzene rings is 3. The quantitative estimate of drug-likeness (QED) is 0.389. The first-order chi connectivity index (χ1) is 18.3. The smallest absolute Gasteiger partial charge is 0.283 e. The highest BCUT2D eigenvalue weighted by Gasteiger charge is 2.32. The third-order valence-electron chi connectivity index (χ3n) is 5.73. The minimum absolute atomic E-state index is 0.0313. The van der Waals surface area contributed by atoms with E-state index in [1.165, 1.54) is 18.9 Å². The summed E-state index contributed by atoms with van der Waals surface area (Å²) >= 11 is 1.18. The molecule has 0 saturated heterocycles. The molecule has 2 amide bonds. The number of rotatable bonds is 8. The first kappa shape index (κ1) is 26.8. The number of carbonyl (C=O) groups is 2. The summed E-state index contributed by atoms with van der Waals surface area (Å²) in [6.07, 6.45) is 1.73. The van der Waals surface area contributed by atoms with Crippen LogP contribution in [-0.4, -0.2) is 44.1 Å². The molecule has 0 aliphatic carbocycles. The molecular formula is C29H29N3O5S. The Morgan fingerprint density at radius 1 is 0.921 bits per heavy atom. The number of carbonyl (C=O) groups excluding carboxylic acids is 2. The number of amides is 2. The first-order valence-electron chi connectivity index (χ1n) is 11.8. The number of methoxy groups -OCH3 is 3. The Hall–Kier alpha value is -4.24. The molecule has 0 atom stereocenters. The monoisotopic (exact) mass is 531 g/mol. The topological polar surface area (TPSA) is 89.5 Å². The van der Waals surface area contributed by atoms with Crippen LogP contribution in [-0.2, 0) is 9.59 Å². The van der Waals surface area contributed by atoms with Gasteiger partial charge in [0.1, 0.15) is 22.9 Å². The molecule has 0 bridgehead atoms. The van der Waals surface area contributed by atoms with Crippen LogP contribution in [0.25, 0.3) is 6.08 Å². The molecule has 0 saturated carbocycles. The van der Waals surface area contributed by atoms with E-state index in [-0.39, 0.29) is 23.3 Å². The summed E-state index contributed by atoms with van der Waals surface area (Å²) in [5.74, 6) is 1.32. The number of aryl methyl sites for hydroxylation is 2. The highest BCUT2D eigenvalue weighted by Crippen LogP contribution is 2.32. The lowest BCUT2D eigenvalue weighted by atomic mass is 10.1. The maximum atomic E-state index is 13.5. The zero-order chi connectivity index (χ0) is 27.2. The molecule has 4 rings (SSSR count). The first-order valence-corrected chi connectivity index (χ1v) is 12.8. The predicted molar refractivity (Wildman–Crippen MR) is 152 cm³/mol. The molecule has 3 aromatic rings. The molecule has 0 fully saturated rings. The van der Waals surface area contributed by atoms with Crippen LogP contribution in [0.4, 0.5) is 11.4 Å². The van der Waals surface area contributed by atoms with Crippen molar-refractivity contribution in [1.82, 2.24) is 0 Å². The van der Waals surface area contributed by atoms with Crippen LogP contribution < -0.4 is 24.4 Å². The number of hydrogen-bond donors (Lipinski definition) is 1. The van der Waals surface area contributed by atoms with Crippen molar-refractivity contribution in [1.29, 1.82) is 0 Å². The van der Waals surface area contributed by atoms with E-state index in [1.807, 2.05) is 56.3 Å². The van der Waals surface area contributed by atoms with Crippen molar-refractivity contribution >= 4 is 46.2 Å². The fourth-order valence-corrected chi connectivity index (χ4v) is 4.80. The number of nitrogens with one attached hydrogen (secondary N) is 1. The lowest BCUT2D eigenvalue weighted by molar-refractivity contribution is -0.114. The Morgan fingerprint density at radius 2 is 1.58 bits per heavy atom. The van der Waals surface area contributed by atoms with Gasteiger partial charge in [0.25, 0.3) is 5.91 Å². The van der Waals surface area contributed by atoms with Gasteiger partial charge in [-0.2, -0.15) is 0 Å². The van der Waals surface area contributed by atoms with E-state index in [1.54, 1.807) is 43.4 Å². The number of thioether (sulfide) groups is 1. The summed E-state index contributed by atoms with van der Waals surface area (Å²) in [5.41, 5.74) is 4.33. The molecule has 196 valence electrons. The van der Waals surface area contributed by atoms with E-state index >= 15 is 0 Å². The van der Waals surface area contributed by atoms with Crippen molar-refractivity contribution in [3.8, 4) is 17.2 Å². The Labute approximate surface area is 226 Å². The molecule has 3 aromatic carbocycles. The maximum absolute atomic E-state index is 13.5. The van der Waals surface area contributed by atoms with Crippen LogP contribution in [0.15, 0.2) is 71.4 Å². The van der Waals surface area contributed by atoms with E-state index in [0.717, 1.165) is 22.4 Å². The van der Waals surface area contributed by atoms with Gasteiger partial charge in [-0.05, 0) is 73.0 Å². The van der Waals surface area contributed by atoms with Crippen LogP contribution >= 0.6 is 11.8 Å². The Bertz CT molecular complexity index is 1400. The molecule has 8 nitrogen and oxygen atoms in total. The number of aliphatic imine (C=N–C) groups is 1. The molecule has 1 N–H and O–H groups in total. The van der Waals surface area contributed by atoms with E-state index in [0.29, 0.717) is 28.0 Å². The van der Waals surface area contributed by atoms with E-state index in [9.17, 15) is 9.59 Å².